The number of nitrogens with two attached hydrogens (primary N) is 1. The molecule has 0 radical (unpaired) electrons. The van der Waals surface area contributed by atoms with Crippen LogP contribution in [0.15, 0.2) is 24.3 Å². The van der Waals surface area contributed by atoms with Crippen molar-refractivity contribution in [2.75, 3.05) is 0 Å². The molecule has 0 heterocycles. The predicted molar refractivity (Wildman–Crippen MR) is 57.6 cm³/mol. The summed E-state index contributed by atoms with van der Waals surface area (Å²) in [5.74, 6) is -0.161. The molecule has 1 aromatic rings. The van der Waals surface area contributed by atoms with Crippen LogP contribution in [0.3, 0.4) is 0 Å². The van der Waals surface area contributed by atoms with Crippen LogP contribution in [0.1, 0.15) is 31.7 Å². The summed E-state index contributed by atoms with van der Waals surface area (Å²) in [6.07, 6.45) is 3.98. The van der Waals surface area contributed by atoms with Crippen molar-refractivity contribution in [3.8, 4) is 0 Å². The lowest BCUT2D eigenvalue weighted by Gasteiger charge is -2.09. The zero-order chi connectivity index (χ0) is 10.4. The maximum absolute atomic E-state index is 12.8. The number of aryl methyl sites for hydroxylation is 1. The van der Waals surface area contributed by atoms with E-state index in [-0.39, 0.29) is 11.9 Å². The van der Waals surface area contributed by atoms with E-state index in [9.17, 15) is 4.39 Å². The van der Waals surface area contributed by atoms with Crippen LogP contribution in [0.2, 0.25) is 0 Å². The maximum Gasteiger partial charge on any atom is 0.123 e. The van der Waals surface area contributed by atoms with Crippen molar-refractivity contribution in [2.24, 2.45) is 5.73 Å². The smallest absolute Gasteiger partial charge is 0.123 e. The highest BCUT2D eigenvalue weighted by Crippen LogP contribution is 2.08. The molecule has 0 bridgehead atoms. The highest BCUT2D eigenvalue weighted by Gasteiger charge is 2.02. The zero-order valence-electron chi connectivity index (χ0n) is 8.67. The van der Waals surface area contributed by atoms with Crippen molar-refractivity contribution in [1.29, 1.82) is 0 Å². The van der Waals surface area contributed by atoms with Gasteiger partial charge in [-0.1, -0.05) is 25.5 Å². The highest BCUT2D eigenvalue weighted by atomic mass is 19.1. The SMILES string of the molecule is CCCC(N)CCc1cccc(F)c1. The molecule has 0 aliphatic rings. The molecule has 0 aliphatic carbocycles. The average Bonchev–Trinajstić information content (AvgIpc) is 2.15. The average molecular weight is 195 g/mol. The molecular weight excluding hydrogens is 177 g/mol. The zero-order valence-corrected chi connectivity index (χ0v) is 8.67. The van der Waals surface area contributed by atoms with Crippen LogP contribution >= 0.6 is 0 Å². The maximum atomic E-state index is 12.8. The van der Waals surface area contributed by atoms with E-state index in [1.807, 2.05) is 6.07 Å². The fourth-order valence-electron chi connectivity index (χ4n) is 1.56. The van der Waals surface area contributed by atoms with Crippen LogP contribution in [-0.2, 0) is 6.42 Å². The van der Waals surface area contributed by atoms with E-state index >= 15 is 0 Å². The van der Waals surface area contributed by atoms with E-state index in [0.717, 1.165) is 31.2 Å². The van der Waals surface area contributed by atoms with Gasteiger partial charge in [0, 0.05) is 6.04 Å². The minimum atomic E-state index is -0.161. The highest BCUT2D eigenvalue weighted by molar-refractivity contribution is 5.16. The first-order valence-electron chi connectivity index (χ1n) is 5.22. The third-order valence-electron chi connectivity index (χ3n) is 2.35. The Labute approximate surface area is 85.1 Å². The summed E-state index contributed by atoms with van der Waals surface area (Å²) in [4.78, 5) is 0. The minimum absolute atomic E-state index is 0.161. The Morgan fingerprint density at radius 2 is 2.14 bits per heavy atom. The monoisotopic (exact) mass is 195 g/mol. The predicted octanol–water partition coefficient (Wildman–Crippen LogP) is 2.89. The summed E-state index contributed by atoms with van der Waals surface area (Å²) < 4.78 is 12.8. The first-order valence-corrected chi connectivity index (χ1v) is 5.22. The second kappa shape index (κ2) is 5.76. The number of rotatable bonds is 5. The Morgan fingerprint density at radius 3 is 2.79 bits per heavy atom. The summed E-state index contributed by atoms with van der Waals surface area (Å²) in [7, 11) is 0. The molecule has 14 heavy (non-hydrogen) atoms. The summed E-state index contributed by atoms with van der Waals surface area (Å²) >= 11 is 0. The van der Waals surface area contributed by atoms with Crippen molar-refractivity contribution in [1.82, 2.24) is 0 Å². The summed E-state index contributed by atoms with van der Waals surface area (Å²) in [5.41, 5.74) is 6.91. The van der Waals surface area contributed by atoms with Crippen LogP contribution in [0.4, 0.5) is 4.39 Å². The van der Waals surface area contributed by atoms with Gasteiger partial charge in [0.05, 0.1) is 0 Å². The normalized spacial score (nSPS) is 12.8. The molecule has 0 spiro atoms. The fourth-order valence-corrected chi connectivity index (χ4v) is 1.56. The largest absolute Gasteiger partial charge is 0.328 e. The Hall–Kier alpha value is -0.890. The molecule has 0 fully saturated rings. The minimum Gasteiger partial charge on any atom is -0.328 e. The molecule has 1 aromatic carbocycles. The molecule has 1 rings (SSSR count). The molecule has 0 saturated carbocycles. The fraction of sp³-hybridized carbons (Fsp3) is 0.500. The number of halogens is 1. The number of hydrogen-bond acceptors (Lipinski definition) is 1. The van der Waals surface area contributed by atoms with Crippen molar-refractivity contribution >= 4 is 0 Å². The van der Waals surface area contributed by atoms with Crippen molar-refractivity contribution in [3.63, 3.8) is 0 Å². The summed E-state index contributed by atoms with van der Waals surface area (Å²) in [5, 5.41) is 0. The van der Waals surface area contributed by atoms with Gasteiger partial charge in [0.15, 0.2) is 0 Å². The Bertz CT molecular complexity index is 273. The van der Waals surface area contributed by atoms with Gasteiger partial charge in [0.25, 0.3) is 0 Å². The topological polar surface area (TPSA) is 26.0 Å². The van der Waals surface area contributed by atoms with Gasteiger partial charge >= 0.3 is 0 Å². The lowest BCUT2D eigenvalue weighted by atomic mass is 10.0. The van der Waals surface area contributed by atoms with Gasteiger partial charge in [-0.15, -0.1) is 0 Å². The lowest BCUT2D eigenvalue weighted by Crippen LogP contribution is -2.20. The molecule has 1 unspecified atom stereocenters. The molecule has 2 heteroatoms. The van der Waals surface area contributed by atoms with E-state index in [2.05, 4.69) is 6.92 Å². The standard InChI is InChI=1S/C12H18FN/c1-2-4-12(14)8-7-10-5-3-6-11(13)9-10/h3,5-6,9,12H,2,4,7-8,14H2,1H3. The molecule has 0 saturated heterocycles. The summed E-state index contributed by atoms with van der Waals surface area (Å²) in [6.45, 7) is 2.13. The second-order valence-corrected chi connectivity index (χ2v) is 3.72. The van der Waals surface area contributed by atoms with Crippen LogP contribution in [0.5, 0.6) is 0 Å². The van der Waals surface area contributed by atoms with E-state index in [4.69, 9.17) is 5.73 Å². The van der Waals surface area contributed by atoms with Crippen LogP contribution < -0.4 is 5.73 Å². The van der Waals surface area contributed by atoms with Crippen molar-refractivity contribution in [2.45, 2.75) is 38.6 Å². The van der Waals surface area contributed by atoms with E-state index in [0.29, 0.717) is 0 Å². The molecule has 2 N–H and O–H groups in total. The Morgan fingerprint density at radius 1 is 1.36 bits per heavy atom. The van der Waals surface area contributed by atoms with Crippen LogP contribution in [0, 0.1) is 5.82 Å². The van der Waals surface area contributed by atoms with Crippen LogP contribution in [0.25, 0.3) is 0 Å². The van der Waals surface area contributed by atoms with Gasteiger partial charge in [-0.2, -0.15) is 0 Å². The molecule has 78 valence electrons. The number of benzene rings is 1. The van der Waals surface area contributed by atoms with Gasteiger partial charge in [0.1, 0.15) is 5.82 Å². The number of hydrogen-bond donors (Lipinski definition) is 1. The van der Waals surface area contributed by atoms with Gasteiger partial charge in [-0.3, -0.25) is 0 Å². The molecule has 1 nitrogen and oxygen atoms in total. The van der Waals surface area contributed by atoms with Gasteiger partial charge < -0.3 is 5.73 Å². The molecular formula is C12H18FN. The van der Waals surface area contributed by atoms with Crippen LogP contribution in [-0.4, -0.2) is 6.04 Å². The summed E-state index contributed by atoms with van der Waals surface area (Å²) in [6, 6.07) is 6.99. The van der Waals surface area contributed by atoms with Crippen molar-refractivity contribution in [3.05, 3.63) is 35.6 Å². The Kier molecular flexibility index (Phi) is 4.60. The Balaban J connectivity index is 2.37. The molecule has 0 aliphatic heterocycles. The van der Waals surface area contributed by atoms with Gasteiger partial charge in [-0.25, -0.2) is 4.39 Å². The second-order valence-electron chi connectivity index (χ2n) is 3.72. The quantitative estimate of drug-likeness (QED) is 0.768. The van der Waals surface area contributed by atoms with E-state index < -0.39 is 0 Å². The first-order chi connectivity index (χ1) is 6.72. The first kappa shape index (κ1) is 11.2. The molecule has 1 atom stereocenters. The molecule has 0 aromatic heterocycles. The van der Waals surface area contributed by atoms with Gasteiger partial charge in [-0.05, 0) is 37.0 Å². The van der Waals surface area contributed by atoms with E-state index in [1.165, 1.54) is 6.07 Å². The molecule has 0 amide bonds. The third kappa shape index (κ3) is 3.88. The van der Waals surface area contributed by atoms with Gasteiger partial charge in [0.2, 0.25) is 0 Å². The van der Waals surface area contributed by atoms with Crippen molar-refractivity contribution < 1.29 is 4.39 Å². The lowest BCUT2D eigenvalue weighted by molar-refractivity contribution is 0.559. The third-order valence-corrected chi connectivity index (χ3v) is 2.35. The van der Waals surface area contributed by atoms with E-state index in [1.54, 1.807) is 12.1 Å².